The Balaban J connectivity index is 1.74. The van der Waals surface area contributed by atoms with Crippen molar-refractivity contribution >= 4 is 39.1 Å². The molecule has 40 heavy (non-hydrogen) atoms. The van der Waals surface area contributed by atoms with Crippen LogP contribution in [0, 0.1) is 5.82 Å². The van der Waals surface area contributed by atoms with Crippen LogP contribution in [0.15, 0.2) is 71.6 Å². The summed E-state index contributed by atoms with van der Waals surface area (Å²) in [7, 11) is -2.89. The summed E-state index contributed by atoms with van der Waals surface area (Å²) in [6, 6.07) is 14.8. The number of nitrogens with one attached hydrogen (secondary N) is 1. The number of fused-ring (bicyclic) bond motifs is 1. The minimum atomic E-state index is -4.36. The number of halogens is 2. The molecule has 0 unspecified atom stereocenters. The summed E-state index contributed by atoms with van der Waals surface area (Å²) in [4.78, 5) is 27.8. The molecule has 1 atom stereocenters. The Morgan fingerprint density at radius 2 is 1.65 bits per heavy atom. The Morgan fingerprint density at radius 3 is 2.27 bits per heavy atom. The lowest BCUT2D eigenvalue weighted by molar-refractivity contribution is -0.140. The number of benzene rings is 3. The Labute approximate surface area is 237 Å². The van der Waals surface area contributed by atoms with E-state index in [9.17, 15) is 22.4 Å². The topological polar surface area (TPSA) is 105 Å². The van der Waals surface area contributed by atoms with E-state index in [2.05, 4.69) is 5.32 Å². The average Bonchev–Trinajstić information content (AvgIpc) is 2.96. The standard InChI is InChI=1S/C28H29ClFN3O6S/c1-3-24(28(35)31-2)32(17-19-4-6-20(29)7-5-19)27(34)18-33(22-10-8-21(30)9-11-22)40(36,37)23-12-13-25-26(16-23)39-15-14-38-25/h4-13,16,24H,3,14-15,17-18H2,1-2H3,(H,31,35)/t24-/m1/s1. The fraction of sp³-hybridized carbons (Fsp3) is 0.286. The van der Waals surface area contributed by atoms with Crippen LogP contribution >= 0.6 is 11.6 Å². The van der Waals surface area contributed by atoms with Crippen molar-refractivity contribution in [3.05, 3.63) is 83.1 Å². The summed E-state index contributed by atoms with van der Waals surface area (Å²) in [5.41, 5.74) is 0.771. The minimum Gasteiger partial charge on any atom is -0.486 e. The zero-order valence-corrected chi connectivity index (χ0v) is 23.5. The van der Waals surface area contributed by atoms with Gasteiger partial charge >= 0.3 is 0 Å². The number of ether oxygens (including phenoxy) is 2. The van der Waals surface area contributed by atoms with Gasteiger partial charge in [0.1, 0.15) is 31.6 Å². The van der Waals surface area contributed by atoms with Crippen LogP contribution < -0.4 is 19.1 Å². The van der Waals surface area contributed by atoms with Crippen molar-refractivity contribution in [1.29, 1.82) is 0 Å². The van der Waals surface area contributed by atoms with E-state index < -0.39 is 40.2 Å². The molecule has 212 valence electrons. The summed E-state index contributed by atoms with van der Waals surface area (Å²) in [5, 5.41) is 3.08. The fourth-order valence-corrected chi connectivity index (χ4v) is 5.88. The van der Waals surface area contributed by atoms with Crippen molar-refractivity contribution in [2.75, 3.05) is 31.1 Å². The van der Waals surface area contributed by atoms with Gasteiger partial charge in [-0.1, -0.05) is 30.7 Å². The van der Waals surface area contributed by atoms with Crippen molar-refractivity contribution in [2.45, 2.75) is 30.8 Å². The first-order valence-electron chi connectivity index (χ1n) is 12.6. The van der Waals surface area contributed by atoms with Crippen LogP contribution in [0.3, 0.4) is 0 Å². The molecule has 9 nitrogen and oxygen atoms in total. The third kappa shape index (κ3) is 6.48. The lowest BCUT2D eigenvalue weighted by Crippen LogP contribution is -2.51. The van der Waals surface area contributed by atoms with Gasteiger partial charge in [0.15, 0.2) is 11.5 Å². The van der Waals surface area contributed by atoms with E-state index in [1.54, 1.807) is 31.2 Å². The second-order valence-corrected chi connectivity index (χ2v) is 11.3. The highest BCUT2D eigenvalue weighted by Crippen LogP contribution is 2.34. The molecule has 1 aliphatic heterocycles. The van der Waals surface area contributed by atoms with E-state index >= 15 is 0 Å². The van der Waals surface area contributed by atoms with Crippen molar-refractivity contribution < 1.29 is 31.9 Å². The lowest BCUT2D eigenvalue weighted by Gasteiger charge is -2.33. The lowest BCUT2D eigenvalue weighted by atomic mass is 10.1. The van der Waals surface area contributed by atoms with Gasteiger partial charge in [-0.15, -0.1) is 0 Å². The Morgan fingerprint density at radius 1 is 1.00 bits per heavy atom. The molecule has 12 heteroatoms. The molecule has 2 amide bonds. The number of anilines is 1. The molecule has 1 heterocycles. The predicted octanol–water partition coefficient (Wildman–Crippen LogP) is 4.00. The van der Waals surface area contributed by atoms with Gasteiger partial charge in [0, 0.05) is 24.7 Å². The van der Waals surface area contributed by atoms with Crippen LogP contribution in [0.4, 0.5) is 10.1 Å². The number of nitrogens with zero attached hydrogens (tertiary/aromatic N) is 2. The van der Waals surface area contributed by atoms with Crippen LogP contribution in [0.25, 0.3) is 0 Å². The van der Waals surface area contributed by atoms with E-state index in [1.165, 1.54) is 42.3 Å². The maximum atomic E-state index is 14.0. The molecular weight excluding hydrogens is 561 g/mol. The third-order valence-electron chi connectivity index (χ3n) is 6.39. The summed E-state index contributed by atoms with van der Waals surface area (Å²) in [6.07, 6.45) is 0.282. The average molecular weight is 590 g/mol. The molecule has 0 spiro atoms. The molecule has 0 saturated heterocycles. The second kappa shape index (κ2) is 12.6. The van der Waals surface area contributed by atoms with Gasteiger partial charge in [0.2, 0.25) is 11.8 Å². The number of carbonyl (C=O) groups excluding carboxylic acids is 2. The molecule has 3 aromatic carbocycles. The quantitative estimate of drug-likeness (QED) is 0.383. The van der Waals surface area contributed by atoms with E-state index in [1.807, 2.05) is 0 Å². The van der Waals surface area contributed by atoms with Gasteiger partial charge in [-0.25, -0.2) is 12.8 Å². The van der Waals surface area contributed by atoms with Crippen molar-refractivity contribution in [3.8, 4) is 11.5 Å². The van der Waals surface area contributed by atoms with Gasteiger partial charge < -0.3 is 19.7 Å². The zero-order chi connectivity index (χ0) is 28.9. The number of hydrogen-bond donors (Lipinski definition) is 1. The highest BCUT2D eigenvalue weighted by Gasteiger charge is 2.34. The van der Waals surface area contributed by atoms with Crippen molar-refractivity contribution in [3.63, 3.8) is 0 Å². The summed E-state index contributed by atoms with van der Waals surface area (Å²) >= 11 is 6.01. The molecule has 0 radical (unpaired) electrons. The van der Waals surface area contributed by atoms with Crippen molar-refractivity contribution in [2.24, 2.45) is 0 Å². The maximum absolute atomic E-state index is 14.0. The van der Waals surface area contributed by atoms with Gasteiger partial charge in [-0.2, -0.15) is 0 Å². The molecule has 1 N–H and O–H groups in total. The second-order valence-electron chi connectivity index (χ2n) is 8.98. The van der Waals surface area contributed by atoms with Crippen LogP contribution in [0.2, 0.25) is 5.02 Å². The number of rotatable bonds is 10. The third-order valence-corrected chi connectivity index (χ3v) is 8.42. The highest BCUT2D eigenvalue weighted by molar-refractivity contribution is 7.92. The van der Waals surface area contributed by atoms with E-state index in [-0.39, 0.29) is 35.9 Å². The minimum absolute atomic E-state index is 0.0310. The van der Waals surface area contributed by atoms with E-state index in [0.29, 0.717) is 22.9 Å². The van der Waals surface area contributed by atoms with Crippen molar-refractivity contribution in [1.82, 2.24) is 10.2 Å². The number of amides is 2. The monoisotopic (exact) mass is 589 g/mol. The first kappa shape index (κ1) is 29.2. The Bertz CT molecular complexity index is 1470. The Kier molecular flexibility index (Phi) is 9.16. The van der Waals surface area contributed by atoms with Gasteiger partial charge in [-0.05, 0) is 60.5 Å². The van der Waals surface area contributed by atoms with Crippen LogP contribution in [-0.4, -0.2) is 58.0 Å². The maximum Gasteiger partial charge on any atom is 0.264 e. The SMILES string of the molecule is CC[C@H](C(=O)NC)N(Cc1ccc(Cl)cc1)C(=O)CN(c1ccc(F)cc1)S(=O)(=O)c1ccc2c(c1)OCCO2. The molecule has 0 saturated carbocycles. The first-order chi connectivity index (χ1) is 19.1. The largest absolute Gasteiger partial charge is 0.486 e. The molecular formula is C28H29ClFN3O6S. The highest BCUT2D eigenvalue weighted by atomic mass is 35.5. The smallest absolute Gasteiger partial charge is 0.264 e. The van der Waals surface area contributed by atoms with Gasteiger partial charge in [0.25, 0.3) is 10.0 Å². The summed E-state index contributed by atoms with van der Waals surface area (Å²) in [6.45, 7) is 1.73. The van der Waals surface area contributed by atoms with Crippen LogP contribution in [-0.2, 0) is 26.2 Å². The first-order valence-corrected chi connectivity index (χ1v) is 14.4. The number of likely N-dealkylation sites (N-methyl/N-ethyl adjacent to an activating group) is 1. The number of sulfonamides is 1. The molecule has 1 aliphatic rings. The molecule has 4 rings (SSSR count). The molecule has 3 aromatic rings. The summed E-state index contributed by atoms with van der Waals surface area (Å²) < 4.78 is 53.6. The van der Waals surface area contributed by atoms with Crippen LogP contribution in [0.1, 0.15) is 18.9 Å². The number of hydrogen-bond acceptors (Lipinski definition) is 6. The molecule has 0 aromatic heterocycles. The normalized spacial score (nSPS) is 13.3. The van der Waals surface area contributed by atoms with Gasteiger partial charge in [0.05, 0.1) is 10.6 Å². The van der Waals surface area contributed by atoms with E-state index in [4.69, 9.17) is 21.1 Å². The predicted molar refractivity (Wildman–Crippen MR) is 149 cm³/mol. The summed E-state index contributed by atoms with van der Waals surface area (Å²) in [5.74, 6) is -0.932. The van der Waals surface area contributed by atoms with E-state index in [0.717, 1.165) is 16.4 Å². The molecule has 0 aliphatic carbocycles. The van der Waals surface area contributed by atoms with Gasteiger partial charge in [-0.3, -0.25) is 13.9 Å². The molecule has 0 fully saturated rings. The molecule has 0 bridgehead atoms. The van der Waals surface area contributed by atoms with Crippen LogP contribution in [0.5, 0.6) is 11.5 Å². The zero-order valence-electron chi connectivity index (χ0n) is 22.0. The Hall–Kier alpha value is -3.83. The fourth-order valence-electron chi connectivity index (χ4n) is 4.32. The number of carbonyl (C=O) groups is 2.